The van der Waals surface area contributed by atoms with Crippen molar-refractivity contribution in [2.45, 2.75) is 89.6 Å². The van der Waals surface area contributed by atoms with Crippen LogP contribution in [0.5, 0.6) is 0 Å². The summed E-state index contributed by atoms with van der Waals surface area (Å²) in [5, 5.41) is 14.3. The molecule has 8 aromatic rings. The molecule has 15 rings (SSSR count). The number of benzene rings is 4. The summed E-state index contributed by atoms with van der Waals surface area (Å²) >= 11 is 3.40. The van der Waals surface area contributed by atoms with E-state index < -0.39 is 0 Å². The molecule has 4 aromatic heterocycles. The maximum absolute atomic E-state index is 12.2. The van der Waals surface area contributed by atoms with Gasteiger partial charge >= 0.3 is 11.9 Å². The molecule has 7 heterocycles. The van der Waals surface area contributed by atoms with Gasteiger partial charge < -0.3 is 47.3 Å². The number of aryl methyl sites for hydroxylation is 4. The summed E-state index contributed by atoms with van der Waals surface area (Å²) in [7, 11) is 6.69. The van der Waals surface area contributed by atoms with Gasteiger partial charge in [0.15, 0.2) is 0 Å². The monoisotopic (exact) mass is 1100 g/mol. The van der Waals surface area contributed by atoms with Crippen molar-refractivity contribution < 1.29 is 37.6 Å². The molecule has 4 atom stereocenters. The van der Waals surface area contributed by atoms with Gasteiger partial charge in [-0.3, -0.25) is 0 Å². The molecule has 7 aliphatic rings. The first-order valence-electron chi connectivity index (χ1n) is 27.2. The van der Waals surface area contributed by atoms with E-state index in [1.807, 2.05) is 53.7 Å². The van der Waals surface area contributed by atoms with Crippen LogP contribution in [-0.2, 0) is 46.3 Å². The molecule has 14 nitrogen and oxygen atoms in total. The second-order valence-electron chi connectivity index (χ2n) is 22.2. The fourth-order valence-corrected chi connectivity index (χ4v) is 12.8. The van der Waals surface area contributed by atoms with Crippen molar-refractivity contribution >= 4 is 55.4 Å². The lowest BCUT2D eigenvalue weighted by atomic mass is 9.68. The summed E-state index contributed by atoms with van der Waals surface area (Å²) in [5.41, 5.74) is 13.4. The van der Waals surface area contributed by atoms with E-state index in [0.29, 0.717) is 66.0 Å². The van der Waals surface area contributed by atoms with Crippen molar-refractivity contribution in [3.63, 3.8) is 0 Å². The Balaban J connectivity index is 0.000000130. The molecule has 15 heteroatoms. The average Bonchev–Trinajstić information content (AvgIpc) is 4.38. The normalized spacial score (nSPS) is 22.1. The highest BCUT2D eigenvalue weighted by atomic mass is 79.9. The standard InChI is InChI=1S/C31H33N3O4.C20H24N2O2.C11H10BrNO2/c1-18-6-4-5-7-23(18)28-26(30(38-32-28)19-8-9-19)17-37-29-20-12-21(29)15-34(14-20)22-10-11-24-25(31(35)36-3)16-33(2)27(24)13-22;1-12-4-2-3-5-16(12)18-17(20(24-22-18)13-6-7-13)11-23-19-14-8-15(19)10-21-9-14;1-13-6-9(11(14)15-2)8-4-3-7(12)5-10(8)13/h4-7,10-11,13,16,19-21,29H,8-9,12,14-15,17H2,1-3H3;2-5,13-15,19,21H,6-11H2,1H3;3-6H,1-2H3. The molecule has 4 aliphatic carbocycles. The van der Waals surface area contributed by atoms with Gasteiger partial charge in [0.25, 0.3) is 0 Å². The zero-order valence-electron chi connectivity index (χ0n) is 44.7. The maximum Gasteiger partial charge on any atom is 0.340 e. The average molecular weight is 1100 g/mol. The number of carbonyl (C=O) groups is 2. The van der Waals surface area contributed by atoms with Gasteiger partial charge in [0.2, 0.25) is 0 Å². The molecule has 7 fully saturated rings. The van der Waals surface area contributed by atoms with Crippen LogP contribution in [0.25, 0.3) is 44.3 Å². The summed E-state index contributed by atoms with van der Waals surface area (Å²) in [6.07, 6.45) is 11.6. The predicted octanol–water partition coefficient (Wildman–Crippen LogP) is 12.2. The number of carbonyl (C=O) groups excluding carboxylic acids is 2. The molecule has 1 N–H and O–H groups in total. The Morgan fingerprint density at radius 3 is 1.58 bits per heavy atom. The Bertz CT molecular complexity index is 3470. The van der Waals surface area contributed by atoms with Crippen LogP contribution in [0.15, 0.2) is 111 Å². The molecular formula is C62H67BrN6O8. The highest BCUT2D eigenvalue weighted by molar-refractivity contribution is 9.10. The van der Waals surface area contributed by atoms with Gasteiger partial charge in [-0.15, -0.1) is 0 Å². The van der Waals surface area contributed by atoms with Crippen molar-refractivity contribution in [2.24, 2.45) is 37.8 Å². The second kappa shape index (κ2) is 21.4. The smallest absolute Gasteiger partial charge is 0.340 e. The summed E-state index contributed by atoms with van der Waals surface area (Å²) in [5.74, 6) is 4.93. The third-order valence-electron chi connectivity index (χ3n) is 17.1. The Labute approximate surface area is 457 Å². The first-order valence-corrected chi connectivity index (χ1v) is 28.0. The highest BCUT2D eigenvalue weighted by Crippen LogP contribution is 2.49. The van der Waals surface area contributed by atoms with Crippen molar-refractivity contribution in [1.82, 2.24) is 24.8 Å². The Kier molecular flexibility index (Phi) is 14.2. The first kappa shape index (κ1) is 51.2. The molecule has 0 amide bonds. The van der Waals surface area contributed by atoms with Crippen LogP contribution in [0.2, 0.25) is 0 Å². The number of fused-ring (bicyclic) bond motifs is 6. The van der Waals surface area contributed by atoms with Crippen molar-refractivity contribution in [3.8, 4) is 22.5 Å². The number of rotatable bonds is 13. The lowest BCUT2D eigenvalue weighted by Gasteiger charge is -2.53. The topological polar surface area (TPSA) is 148 Å². The molecule has 400 valence electrons. The maximum atomic E-state index is 12.2. The van der Waals surface area contributed by atoms with Crippen molar-refractivity contribution in [2.75, 3.05) is 45.3 Å². The number of piperidine rings is 4. The molecule has 3 saturated heterocycles. The molecule has 4 aromatic carbocycles. The van der Waals surface area contributed by atoms with Crippen LogP contribution in [0, 0.1) is 37.5 Å². The summed E-state index contributed by atoms with van der Waals surface area (Å²) < 4.78 is 39.3. The molecule has 4 unspecified atom stereocenters. The minimum absolute atomic E-state index is 0.266. The highest BCUT2D eigenvalue weighted by Gasteiger charge is 2.48. The number of nitrogens with one attached hydrogen (secondary N) is 1. The largest absolute Gasteiger partial charge is 0.465 e. The van der Waals surface area contributed by atoms with Crippen molar-refractivity contribution in [1.29, 1.82) is 0 Å². The number of methoxy groups -OCH3 is 2. The molecule has 3 aliphatic heterocycles. The SMILES string of the molecule is COC(=O)c1cn(C)c2cc(Br)ccc12.COC(=O)c1cn(C)c2cc(N3CC4CC(C3)C4OCc3c(-c4ccccc4C)noc3C3CC3)ccc12.Cc1ccccc1-c1noc(C2CC2)c1COC1C2CNCC1C2. The van der Waals surface area contributed by atoms with E-state index in [1.165, 1.54) is 80.7 Å². The van der Waals surface area contributed by atoms with E-state index in [9.17, 15) is 9.59 Å². The summed E-state index contributed by atoms with van der Waals surface area (Å²) in [4.78, 5) is 26.1. The molecular weight excluding hydrogens is 1040 g/mol. The van der Waals surface area contributed by atoms with Crippen molar-refractivity contribution in [3.05, 3.63) is 147 Å². The van der Waals surface area contributed by atoms with E-state index in [4.69, 9.17) is 28.0 Å². The Morgan fingerprint density at radius 1 is 0.636 bits per heavy atom. The minimum Gasteiger partial charge on any atom is -0.465 e. The molecule has 4 saturated carbocycles. The van der Waals surface area contributed by atoms with Gasteiger partial charge in [-0.25, -0.2) is 9.59 Å². The number of ether oxygens (including phenoxy) is 4. The lowest BCUT2D eigenvalue weighted by Crippen LogP contribution is -2.59. The number of halogens is 1. The number of nitrogens with zero attached hydrogens (tertiary/aromatic N) is 5. The van der Waals surface area contributed by atoms with Gasteiger partial charge in [0, 0.05) is 125 Å². The lowest BCUT2D eigenvalue weighted by molar-refractivity contribution is -0.118. The van der Waals surface area contributed by atoms with Gasteiger partial charge in [-0.1, -0.05) is 80.8 Å². The number of hydrogen-bond donors (Lipinski definition) is 1. The van der Waals surface area contributed by atoms with Gasteiger partial charge in [-0.2, -0.15) is 0 Å². The summed E-state index contributed by atoms with van der Waals surface area (Å²) in [6, 6.07) is 28.9. The van der Waals surface area contributed by atoms with Crippen LogP contribution < -0.4 is 10.2 Å². The van der Waals surface area contributed by atoms with Crippen LogP contribution in [0.3, 0.4) is 0 Å². The van der Waals surface area contributed by atoms with E-state index >= 15 is 0 Å². The zero-order chi connectivity index (χ0) is 53.1. The zero-order valence-corrected chi connectivity index (χ0v) is 46.3. The van der Waals surface area contributed by atoms with Crippen LogP contribution >= 0.6 is 15.9 Å². The van der Waals surface area contributed by atoms with E-state index in [-0.39, 0.29) is 18.0 Å². The predicted molar refractivity (Wildman–Crippen MR) is 299 cm³/mol. The van der Waals surface area contributed by atoms with Crippen LogP contribution in [0.4, 0.5) is 5.69 Å². The molecule has 4 bridgehead atoms. The van der Waals surface area contributed by atoms with Gasteiger partial charge in [0.1, 0.15) is 22.9 Å². The minimum atomic E-state index is -0.303. The second-order valence-corrected chi connectivity index (χ2v) is 23.1. The fourth-order valence-electron chi connectivity index (χ4n) is 12.5. The van der Waals surface area contributed by atoms with E-state index in [2.05, 4.69) is 111 Å². The van der Waals surface area contributed by atoms with Gasteiger partial charge in [0.05, 0.1) is 56.3 Å². The first-order chi connectivity index (χ1) is 37.5. The Hall–Kier alpha value is -6.52. The number of aromatic nitrogens is 4. The number of esters is 2. The fraction of sp³-hybridized carbons (Fsp3) is 0.419. The third-order valence-corrected chi connectivity index (χ3v) is 17.6. The quantitative estimate of drug-likeness (QED) is 0.110. The summed E-state index contributed by atoms with van der Waals surface area (Å²) in [6.45, 7) is 9.61. The van der Waals surface area contributed by atoms with Gasteiger partial charge in [-0.05, 0) is 106 Å². The number of hydrogen-bond acceptors (Lipinski definition) is 12. The molecule has 77 heavy (non-hydrogen) atoms. The van der Waals surface area contributed by atoms with Crippen LogP contribution in [0.1, 0.15) is 105 Å². The Morgan fingerprint density at radius 2 is 1.10 bits per heavy atom. The van der Waals surface area contributed by atoms with E-state index in [1.54, 1.807) is 6.20 Å². The van der Waals surface area contributed by atoms with Crippen LogP contribution in [-0.4, -0.2) is 84.0 Å². The van der Waals surface area contributed by atoms with E-state index in [0.717, 1.165) is 86.5 Å². The molecule has 0 spiro atoms. The third kappa shape index (κ3) is 10.0. The number of anilines is 1. The molecule has 0 radical (unpaired) electrons.